The number of halogens is 3. The van der Waals surface area contributed by atoms with Gasteiger partial charge in [-0.2, -0.15) is 0 Å². The van der Waals surface area contributed by atoms with Crippen LogP contribution >= 0.6 is 11.6 Å². The van der Waals surface area contributed by atoms with E-state index in [4.69, 9.17) is 11.6 Å². The van der Waals surface area contributed by atoms with E-state index in [0.717, 1.165) is 17.0 Å². The van der Waals surface area contributed by atoms with Crippen LogP contribution in [0.5, 0.6) is 0 Å². The minimum absolute atomic E-state index is 0.0971. The van der Waals surface area contributed by atoms with E-state index in [-0.39, 0.29) is 16.8 Å². The van der Waals surface area contributed by atoms with Crippen LogP contribution in [-0.2, 0) is 0 Å². The van der Waals surface area contributed by atoms with E-state index in [1.807, 2.05) is 0 Å². The lowest BCUT2D eigenvalue weighted by Crippen LogP contribution is -2.29. The van der Waals surface area contributed by atoms with Gasteiger partial charge in [0.15, 0.2) is 11.6 Å². The molecule has 0 aromatic heterocycles. The molecule has 100 valence electrons. The third-order valence-electron chi connectivity index (χ3n) is 3.02. The van der Waals surface area contributed by atoms with Crippen molar-refractivity contribution in [3.8, 4) is 0 Å². The van der Waals surface area contributed by atoms with Crippen molar-refractivity contribution in [2.24, 2.45) is 0 Å². The Morgan fingerprint density at radius 2 is 1.50 bits per heavy atom. The third-order valence-corrected chi connectivity index (χ3v) is 3.30. The summed E-state index contributed by atoms with van der Waals surface area (Å²) >= 11 is 5.54. The van der Waals surface area contributed by atoms with Gasteiger partial charge in [-0.3, -0.25) is 9.59 Å². The van der Waals surface area contributed by atoms with E-state index in [9.17, 15) is 18.4 Å². The number of fused-ring (bicyclic) bond motifs is 1. The van der Waals surface area contributed by atoms with E-state index < -0.39 is 28.5 Å². The van der Waals surface area contributed by atoms with Crippen LogP contribution in [0, 0.1) is 11.6 Å². The van der Waals surface area contributed by atoms with Gasteiger partial charge in [-0.25, -0.2) is 13.7 Å². The summed E-state index contributed by atoms with van der Waals surface area (Å²) in [6.07, 6.45) is 0. The van der Waals surface area contributed by atoms with Gasteiger partial charge in [-0.1, -0.05) is 23.7 Å². The summed E-state index contributed by atoms with van der Waals surface area (Å²) in [5, 5.41) is -0.489. The standard InChI is InChI=1S/C14H6ClF2NO2/c15-10-5-7(6-11(16)12(10)17)18-13(19)8-3-1-2-4-9(8)14(18)20/h1-6H. The van der Waals surface area contributed by atoms with Gasteiger partial charge in [0.25, 0.3) is 11.8 Å². The lowest BCUT2D eigenvalue weighted by atomic mass is 10.1. The van der Waals surface area contributed by atoms with Crippen LogP contribution in [0.1, 0.15) is 20.7 Å². The fourth-order valence-corrected chi connectivity index (χ4v) is 2.30. The van der Waals surface area contributed by atoms with Gasteiger partial charge in [0.2, 0.25) is 0 Å². The first-order valence-electron chi connectivity index (χ1n) is 5.63. The molecule has 1 aliphatic rings. The van der Waals surface area contributed by atoms with E-state index in [1.165, 1.54) is 12.1 Å². The van der Waals surface area contributed by atoms with Crippen molar-refractivity contribution in [1.82, 2.24) is 0 Å². The van der Waals surface area contributed by atoms with E-state index >= 15 is 0 Å². The first-order valence-corrected chi connectivity index (χ1v) is 6.01. The molecule has 20 heavy (non-hydrogen) atoms. The van der Waals surface area contributed by atoms with Gasteiger partial charge < -0.3 is 0 Å². The maximum atomic E-state index is 13.4. The summed E-state index contributed by atoms with van der Waals surface area (Å²) in [5.41, 5.74) is 0.344. The summed E-state index contributed by atoms with van der Waals surface area (Å²) in [4.78, 5) is 25.1. The molecule has 0 saturated carbocycles. The highest BCUT2D eigenvalue weighted by atomic mass is 35.5. The molecule has 2 aromatic carbocycles. The Kier molecular flexibility index (Phi) is 2.79. The van der Waals surface area contributed by atoms with E-state index in [2.05, 4.69) is 0 Å². The molecule has 0 N–H and O–H groups in total. The van der Waals surface area contributed by atoms with Crippen LogP contribution in [0.2, 0.25) is 5.02 Å². The number of carbonyl (C=O) groups is 2. The molecule has 6 heteroatoms. The SMILES string of the molecule is O=C1c2ccccc2C(=O)N1c1cc(F)c(F)c(Cl)c1. The van der Waals surface area contributed by atoms with Gasteiger partial charge in [0.05, 0.1) is 21.8 Å². The summed E-state index contributed by atoms with van der Waals surface area (Å²) in [7, 11) is 0. The Hall–Kier alpha value is -2.27. The highest BCUT2D eigenvalue weighted by Crippen LogP contribution is 2.31. The number of carbonyl (C=O) groups excluding carboxylic acids is 2. The second kappa shape index (κ2) is 4.38. The second-order valence-electron chi connectivity index (χ2n) is 4.21. The molecular formula is C14H6ClF2NO2. The average molecular weight is 294 g/mol. The number of rotatable bonds is 1. The zero-order valence-corrected chi connectivity index (χ0v) is 10.6. The Bertz CT molecular complexity index is 703. The summed E-state index contributed by atoms with van der Waals surface area (Å²) in [6.45, 7) is 0. The van der Waals surface area contributed by atoms with Crippen LogP contribution in [0.25, 0.3) is 0 Å². The lowest BCUT2D eigenvalue weighted by molar-refractivity contribution is 0.0926. The molecule has 3 rings (SSSR count). The number of hydrogen-bond acceptors (Lipinski definition) is 2. The maximum absolute atomic E-state index is 13.4. The highest BCUT2D eigenvalue weighted by Gasteiger charge is 2.36. The van der Waals surface area contributed by atoms with Gasteiger partial charge >= 0.3 is 0 Å². The summed E-state index contributed by atoms with van der Waals surface area (Å²) in [5.74, 6) is -3.61. The smallest absolute Gasteiger partial charge is 0.266 e. The number of nitrogens with zero attached hydrogens (tertiary/aromatic N) is 1. The zero-order valence-electron chi connectivity index (χ0n) is 9.86. The normalized spacial score (nSPS) is 13.8. The molecule has 3 nitrogen and oxygen atoms in total. The fourth-order valence-electron chi connectivity index (χ4n) is 2.09. The second-order valence-corrected chi connectivity index (χ2v) is 4.62. The molecule has 1 heterocycles. The molecule has 0 fully saturated rings. The molecule has 0 bridgehead atoms. The third kappa shape index (κ3) is 1.71. The average Bonchev–Trinajstić information content (AvgIpc) is 2.68. The molecule has 0 aliphatic carbocycles. The highest BCUT2D eigenvalue weighted by molar-refractivity contribution is 6.35. The Balaban J connectivity index is 2.14. The lowest BCUT2D eigenvalue weighted by Gasteiger charge is -2.14. The molecule has 1 aliphatic heterocycles. The monoisotopic (exact) mass is 293 g/mol. The van der Waals surface area contributed by atoms with Crippen molar-refractivity contribution < 1.29 is 18.4 Å². The molecule has 0 radical (unpaired) electrons. The number of anilines is 1. The summed E-state index contributed by atoms with van der Waals surface area (Å²) in [6, 6.07) is 8.04. The van der Waals surface area contributed by atoms with Crippen molar-refractivity contribution >= 4 is 29.1 Å². The number of hydrogen-bond donors (Lipinski definition) is 0. The van der Waals surface area contributed by atoms with E-state index in [1.54, 1.807) is 12.1 Å². The summed E-state index contributed by atoms with van der Waals surface area (Å²) < 4.78 is 26.5. The first-order chi connectivity index (χ1) is 9.50. The molecule has 2 aromatic rings. The number of benzene rings is 2. The Morgan fingerprint density at radius 1 is 0.950 bits per heavy atom. The molecule has 0 saturated heterocycles. The Morgan fingerprint density at radius 3 is 2.00 bits per heavy atom. The molecule has 0 unspecified atom stereocenters. The number of imide groups is 1. The molecule has 0 spiro atoms. The Labute approximate surface area is 117 Å². The van der Waals surface area contributed by atoms with Crippen LogP contribution in [0.15, 0.2) is 36.4 Å². The van der Waals surface area contributed by atoms with Crippen LogP contribution in [-0.4, -0.2) is 11.8 Å². The molecular weight excluding hydrogens is 288 g/mol. The predicted octanol–water partition coefficient (Wildman–Crippen LogP) is 3.42. The van der Waals surface area contributed by atoms with Crippen molar-refractivity contribution in [1.29, 1.82) is 0 Å². The number of amides is 2. The molecule has 2 amide bonds. The van der Waals surface area contributed by atoms with Crippen molar-refractivity contribution in [3.63, 3.8) is 0 Å². The fraction of sp³-hybridized carbons (Fsp3) is 0. The van der Waals surface area contributed by atoms with Gasteiger partial charge in [-0.15, -0.1) is 0 Å². The van der Waals surface area contributed by atoms with Crippen molar-refractivity contribution in [2.75, 3.05) is 4.90 Å². The first kappa shape index (κ1) is 12.7. The van der Waals surface area contributed by atoms with Crippen molar-refractivity contribution in [3.05, 3.63) is 64.2 Å². The maximum Gasteiger partial charge on any atom is 0.266 e. The van der Waals surface area contributed by atoms with Crippen LogP contribution in [0.4, 0.5) is 14.5 Å². The van der Waals surface area contributed by atoms with Crippen molar-refractivity contribution in [2.45, 2.75) is 0 Å². The van der Waals surface area contributed by atoms with Crippen LogP contribution in [0.3, 0.4) is 0 Å². The zero-order chi connectivity index (χ0) is 14.4. The van der Waals surface area contributed by atoms with Gasteiger partial charge in [0, 0.05) is 6.07 Å². The topological polar surface area (TPSA) is 37.4 Å². The largest absolute Gasteiger partial charge is 0.268 e. The van der Waals surface area contributed by atoms with E-state index in [0.29, 0.717) is 0 Å². The predicted molar refractivity (Wildman–Crippen MR) is 69.0 cm³/mol. The minimum Gasteiger partial charge on any atom is -0.268 e. The van der Waals surface area contributed by atoms with Gasteiger partial charge in [-0.05, 0) is 18.2 Å². The molecule has 0 atom stereocenters. The van der Waals surface area contributed by atoms with Gasteiger partial charge in [0.1, 0.15) is 0 Å². The van der Waals surface area contributed by atoms with Crippen LogP contribution < -0.4 is 4.90 Å². The quantitative estimate of drug-likeness (QED) is 0.597. The minimum atomic E-state index is -1.22.